The number of nitrogens with zero attached hydrogens (tertiary/aromatic N) is 1. The second-order valence-corrected chi connectivity index (χ2v) is 11.3. The summed E-state index contributed by atoms with van der Waals surface area (Å²) in [7, 11) is -1.14. The molecule has 0 bridgehead atoms. The lowest BCUT2D eigenvalue weighted by Gasteiger charge is -2.22. The first kappa shape index (κ1) is 15.5. The third-order valence-corrected chi connectivity index (χ3v) is 5.37. The van der Waals surface area contributed by atoms with Gasteiger partial charge in [0.25, 0.3) is 0 Å². The SMILES string of the molecule is CCCN(CCC)Cc1ccc([Si](C)(C)C)cc1. The lowest BCUT2D eigenvalue weighted by atomic mass is 10.2. The predicted molar refractivity (Wildman–Crippen MR) is 85.3 cm³/mol. The van der Waals surface area contributed by atoms with Crippen molar-refractivity contribution in [2.45, 2.75) is 52.9 Å². The molecule has 0 aliphatic rings. The zero-order valence-electron chi connectivity index (χ0n) is 12.8. The molecular formula is C16H29NSi. The van der Waals surface area contributed by atoms with Crippen molar-refractivity contribution in [1.29, 1.82) is 0 Å². The van der Waals surface area contributed by atoms with Crippen LogP contribution >= 0.6 is 0 Å². The Balaban J connectivity index is 2.67. The Bertz CT molecular complexity index is 331. The number of hydrogen-bond donors (Lipinski definition) is 0. The topological polar surface area (TPSA) is 3.24 Å². The fraction of sp³-hybridized carbons (Fsp3) is 0.625. The predicted octanol–water partition coefficient (Wildman–Crippen LogP) is 3.85. The van der Waals surface area contributed by atoms with Crippen LogP contribution in [0.15, 0.2) is 24.3 Å². The molecule has 102 valence electrons. The van der Waals surface area contributed by atoms with Gasteiger partial charge >= 0.3 is 0 Å². The van der Waals surface area contributed by atoms with Gasteiger partial charge in [0.2, 0.25) is 0 Å². The fourth-order valence-corrected chi connectivity index (χ4v) is 3.44. The highest BCUT2D eigenvalue weighted by Crippen LogP contribution is 2.08. The van der Waals surface area contributed by atoms with Crippen LogP contribution in [0.2, 0.25) is 19.6 Å². The summed E-state index contributed by atoms with van der Waals surface area (Å²) in [5.41, 5.74) is 1.46. The van der Waals surface area contributed by atoms with Crippen LogP contribution in [-0.2, 0) is 6.54 Å². The van der Waals surface area contributed by atoms with Gasteiger partial charge in [0.1, 0.15) is 0 Å². The summed E-state index contributed by atoms with van der Waals surface area (Å²) in [4.78, 5) is 2.56. The molecule has 18 heavy (non-hydrogen) atoms. The Morgan fingerprint density at radius 2 is 1.39 bits per heavy atom. The van der Waals surface area contributed by atoms with Crippen molar-refractivity contribution in [3.8, 4) is 0 Å². The van der Waals surface area contributed by atoms with Crippen molar-refractivity contribution >= 4 is 13.3 Å². The number of hydrogen-bond acceptors (Lipinski definition) is 1. The maximum Gasteiger partial charge on any atom is 0.0775 e. The molecule has 0 aromatic heterocycles. The van der Waals surface area contributed by atoms with Crippen LogP contribution in [0.1, 0.15) is 32.3 Å². The minimum atomic E-state index is -1.14. The van der Waals surface area contributed by atoms with Crippen LogP contribution in [0.3, 0.4) is 0 Å². The molecule has 0 fully saturated rings. The highest BCUT2D eigenvalue weighted by Gasteiger charge is 2.15. The first-order valence-corrected chi connectivity index (χ1v) is 10.8. The molecule has 0 saturated carbocycles. The molecule has 1 rings (SSSR count). The average molecular weight is 264 g/mol. The summed E-state index contributed by atoms with van der Waals surface area (Å²) in [6.45, 7) is 15.3. The lowest BCUT2D eigenvalue weighted by Crippen LogP contribution is -2.37. The summed E-state index contributed by atoms with van der Waals surface area (Å²) in [6, 6.07) is 9.34. The monoisotopic (exact) mass is 263 g/mol. The maximum atomic E-state index is 2.56. The minimum Gasteiger partial charge on any atom is -0.299 e. The second-order valence-electron chi connectivity index (χ2n) is 6.22. The van der Waals surface area contributed by atoms with Gasteiger partial charge in [0.05, 0.1) is 8.07 Å². The molecule has 1 aromatic carbocycles. The zero-order valence-corrected chi connectivity index (χ0v) is 13.8. The molecule has 0 unspecified atom stereocenters. The average Bonchev–Trinajstić information content (AvgIpc) is 2.29. The molecule has 0 atom stereocenters. The molecule has 1 nitrogen and oxygen atoms in total. The third kappa shape index (κ3) is 4.95. The summed E-state index contributed by atoms with van der Waals surface area (Å²) < 4.78 is 0. The normalized spacial score (nSPS) is 12.1. The Kier molecular flexibility index (Phi) is 6.10. The van der Waals surface area contributed by atoms with E-state index in [0.717, 1.165) is 6.54 Å². The van der Waals surface area contributed by atoms with Crippen LogP contribution in [0.25, 0.3) is 0 Å². The minimum absolute atomic E-state index is 1.10. The van der Waals surface area contributed by atoms with Gasteiger partial charge in [-0.1, -0.05) is 62.9 Å². The van der Waals surface area contributed by atoms with Gasteiger partial charge < -0.3 is 0 Å². The van der Waals surface area contributed by atoms with Gasteiger partial charge in [0, 0.05) is 6.54 Å². The molecule has 0 N–H and O–H groups in total. The van der Waals surface area contributed by atoms with Crippen LogP contribution in [0.5, 0.6) is 0 Å². The van der Waals surface area contributed by atoms with E-state index in [-0.39, 0.29) is 0 Å². The maximum absolute atomic E-state index is 2.56. The quantitative estimate of drug-likeness (QED) is 0.675. The molecule has 0 saturated heterocycles. The Morgan fingerprint density at radius 3 is 1.78 bits per heavy atom. The van der Waals surface area contributed by atoms with Gasteiger partial charge in [-0.15, -0.1) is 0 Å². The second kappa shape index (κ2) is 7.10. The lowest BCUT2D eigenvalue weighted by molar-refractivity contribution is 0.266. The van der Waals surface area contributed by atoms with Gasteiger partial charge in [-0.05, 0) is 31.5 Å². The summed E-state index contributed by atoms with van der Waals surface area (Å²) in [6.07, 6.45) is 2.49. The third-order valence-electron chi connectivity index (χ3n) is 3.31. The molecular weight excluding hydrogens is 234 g/mol. The molecule has 0 radical (unpaired) electrons. The van der Waals surface area contributed by atoms with Crippen molar-refractivity contribution in [3.63, 3.8) is 0 Å². The number of rotatable bonds is 7. The molecule has 1 aromatic rings. The Hall–Kier alpha value is -0.603. The van der Waals surface area contributed by atoms with Gasteiger partial charge in [-0.2, -0.15) is 0 Å². The molecule has 0 spiro atoms. The Morgan fingerprint density at radius 1 is 0.889 bits per heavy atom. The molecule has 0 heterocycles. The zero-order chi connectivity index (χ0) is 13.6. The highest BCUT2D eigenvalue weighted by atomic mass is 28.3. The van der Waals surface area contributed by atoms with Crippen molar-refractivity contribution in [3.05, 3.63) is 29.8 Å². The van der Waals surface area contributed by atoms with Crippen molar-refractivity contribution < 1.29 is 0 Å². The van der Waals surface area contributed by atoms with E-state index in [1.807, 2.05) is 0 Å². The van der Waals surface area contributed by atoms with Gasteiger partial charge in [0.15, 0.2) is 0 Å². The summed E-state index contributed by atoms with van der Waals surface area (Å²) >= 11 is 0. The molecule has 0 aliphatic carbocycles. The Labute approximate surface area is 114 Å². The first-order valence-electron chi connectivity index (χ1n) is 7.29. The largest absolute Gasteiger partial charge is 0.299 e. The highest BCUT2D eigenvalue weighted by molar-refractivity contribution is 6.88. The van der Waals surface area contributed by atoms with E-state index in [1.54, 1.807) is 5.19 Å². The van der Waals surface area contributed by atoms with E-state index in [0.29, 0.717) is 0 Å². The van der Waals surface area contributed by atoms with Gasteiger partial charge in [-0.3, -0.25) is 4.90 Å². The van der Waals surface area contributed by atoms with E-state index in [9.17, 15) is 0 Å². The van der Waals surface area contributed by atoms with E-state index in [4.69, 9.17) is 0 Å². The number of benzene rings is 1. The smallest absolute Gasteiger partial charge is 0.0775 e. The summed E-state index contributed by atoms with van der Waals surface area (Å²) in [5, 5.41) is 1.56. The molecule has 0 aliphatic heterocycles. The standard InChI is InChI=1S/C16H29NSi/c1-6-12-17(13-7-2)14-15-8-10-16(11-9-15)18(3,4)5/h8-11H,6-7,12-14H2,1-5H3. The molecule has 2 heteroatoms. The van der Waals surface area contributed by atoms with Gasteiger partial charge in [-0.25, -0.2) is 0 Å². The van der Waals surface area contributed by atoms with Crippen LogP contribution in [-0.4, -0.2) is 26.1 Å². The van der Waals surface area contributed by atoms with E-state index in [2.05, 4.69) is 62.7 Å². The van der Waals surface area contributed by atoms with Crippen LogP contribution in [0, 0.1) is 0 Å². The van der Waals surface area contributed by atoms with E-state index >= 15 is 0 Å². The molecule has 0 amide bonds. The van der Waals surface area contributed by atoms with Crippen molar-refractivity contribution in [2.24, 2.45) is 0 Å². The fourth-order valence-electron chi connectivity index (χ4n) is 2.27. The van der Waals surface area contributed by atoms with E-state index < -0.39 is 8.07 Å². The van der Waals surface area contributed by atoms with E-state index in [1.165, 1.54) is 31.5 Å². The van der Waals surface area contributed by atoms with Crippen molar-refractivity contribution in [1.82, 2.24) is 4.90 Å². The summed E-state index contributed by atoms with van der Waals surface area (Å²) in [5.74, 6) is 0. The van der Waals surface area contributed by atoms with Crippen LogP contribution in [0.4, 0.5) is 0 Å². The van der Waals surface area contributed by atoms with Crippen LogP contribution < -0.4 is 5.19 Å². The van der Waals surface area contributed by atoms with Crippen molar-refractivity contribution in [2.75, 3.05) is 13.1 Å². The first-order chi connectivity index (χ1) is 8.47.